The number of halogens is 2. The van der Waals surface area contributed by atoms with Gasteiger partial charge in [-0.05, 0) is 34.5 Å². The van der Waals surface area contributed by atoms with Gasteiger partial charge in [0.05, 0.1) is 5.69 Å². The van der Waals surface area contributed by atoms with Gasteiger partial charge in [-0.1, -0.05) is 0 Å². The van der Waals surface area contributed by atoms with Gasteiger partial charge in [0.1, 0.15) is 0 Å². The van der Waals surface area contributed by atoms with Crippen LogP contribution < -0.4 is 0 Å². The zero-order chi connectivity index (χ0) is 7.56. The lowest BCUT2D eigenvalue weighted by molar-refractivity contribution is 1.14. The second kappa shape index (κ2) is 3.35. The molecule has 0 aliphatic carbocycles. The molecule has 0 unspecified atom stereocenters. The van der Waals surface area contributed by atoms with E-state index in [1.165, 1.54) is 0 Å². The summed E-state index contributed by atoms with van der Waals surface area (Å²) >= 11 is 8.96. The van der Waals surface area contributed by atoms with Crippen molar-refractivity contribution in [3.05, 3.63) is 28.0 Å². The molecule has 0 saturated heterocycles. The summed E-state index contributed by atoms with van der Waals surface area (Å²) in [5, 5.41) is 0. The molecule has 0 radical (unpaired) electrons. The van der Waals surface area contributed by atoms with Crippen LogP contribution in [0.15, 0.2) is 16.7 Å². The molecule has 0 aliphatic rings. The van der Waals surface area contributed by atoms with Gasteiger partial charge in [-0.25, -0.2) is 0 Å². The molecule has 0 amide bonds. The standard InChI is InChI=1S/C7H7BrClN/c1-5-7(8)2-6(3-9)4-10-5/h2,4H,3H2,1H3. The van der Waals surface area contributed by atoms with Crippen LogP contribution in [0.4, 0.5) is 0 Å². The van der Waals surface area contributed by atoms with Crippen molar-refractivity contribution in [3.63, 3.8) is 0 Å². The fraction of sp³-hybridized carbons (Fsp3) is 0.286. The lowest BCUT2D eigenvalue weighted by atomic mass is 10.3. The quantitative estimate of drug-likeness (QED) is 0.663. The Morgan fingerprint density at radius 2 is 2.40 bits per heavy atom. The Morgan fingerprint density at radius 1 is 1.70 bits per heavy atom. The smallest absolute Gasteiger partial charge is 0.0514 e. The first-order valence-corrected chi connectivity index (χ1v) is 4.24. The van der Waals surface area contributed by atoms with Gasteiger partial charge in [0.15, 0.2) is 0 Å². The van der Waals surface area contributed by atoms with Crippen LogP contribution in [0.3, 0.4) is 0 Å². The highest BCUT2D eigenvalue weighted by Crippen LogP contribution is 2.15. The van der Waals surface area contributed by atoms with Crippen LogP contribution in [0, 0.1) is 6.92 Å². The van der Waals surface area contributed by atoms with Crippen LogP contribution in [-0.4, -0.2) is 4.98 Å². The van der Waals surface area contributed by atoms with Gasteiger partial charge in [-0.2, -0.15) is 0 Å². The van der Waals surface area contributed by atoms with Crippen molar-refractivity contribution in [2.24, 2.45) is 0 Å². The predicted octanol–water partition coefficient (Wildman–Crippen LogP) is 2.89. The van der Waals surface area contributed by atoms with Gasteiger partial charge in [-0.15, -0.1) is 11.6 Å². The molecule has 0 bridgehead atoms. The summed E-state index contributed by atoms with van der Waals surface area (Å²) in [7, 11) is 0. The van der Waals surface area contributed by atoms with Crippen LogP contribution >= 0.6 is 27.5 Å². The Balaban J connectivity index is 3.04. The second-order valence-corrected chi connectivity index (χ2v) is 3.17. The van der Waals surface area contributed by atoms with Crippen molar-refractivity contribution in [1.82, 2.24) is 4.98 Å². The SMILES string of the molecule is Cc1ncc(CCl)cc1Br. The zero-order valence-corrected chi connectivity index (χ0v) is 7.91. The van der Waals surface area contributed by atoms with Crippen molar-refractivity contribution < 1.29 is 0 Å². The number of hydrogen-bond acceptors (Lipinski definition) is 1. The minimum Gasteiger partial charge on any atom is -0.260 e. The Kier molecular flexibility index (Phi) is 2.69. The molecule has 0 N–H and O–H groups in total. The molecule has 0 spiro atoms. The number of alkyl halides is 1. The summed E-state index contributed by atoms with van der Waals surface area (Å²) < 4.78 is 1.02. The highest BCUT2D eigenvalue weighted by atomic mass is 79.9. The minimum absolute atomic E-state index is 0.520. The van der Waals surface area contributed by atoms with E-state index >= 15 is 0 Å². The number of pyridine rings is 1. The Labute approximate surface area is 73.6 Å². The Morgan fingerprint density at radius 3 is 2.90 bits per heavy atom. The molecule has 0 fully saturated rings. The predicted molar refractivity (Wildman–Crippen MR) is 46.2 cm³/mol. The van der Waals surface area contributed by atoms with Crippen molar-refractivity contribution in [2.45, 2.75) is 12.8 Å². The topological polar surface area (TPSA) is 12.9 Å². The lowest BCUT2D eigenvalue weighted by Crippen LogP contribution is -1.85. The summed E-state index contributed by atoms with van der Waals surface area (Å²) in [5.41, 5.74) is 2.04. The Bertz CT molecular complexity index is 237. The molecule has 0 aliphatic heterocycles. The average Bonchev–Trinajstić information content (AvgIpc) is 1.95. The molecule has 1 rings (SSSR count). The highest BCUT2D eigenvalue weighted by Gasteiger charge is 1.95. The van der Waals surface area contributed by atoms with Crippen LogP contribution in [0.2, 0.25) is 0 Å². The van der Waals surface area contributed by atoms with Crippen LogP contribution in [0.1, 0.15) is 11.3 Å². The first-order chi connectivity index (χ1) is 4.74. The maximum absolute atomic E-state index is 5.59. The van der Waals surface area contributed by atoms with E-state index in [0.29, 0.717) is 5.88 Å². The zero-order valence-electron chi connectivity index (χ0n) is 5.56. The fourth-order valence-corrected chi connectivity index (χ4v) is 1.16. The third kappa shape index (κ3) is 1.70. The van der Waals surface area contributed by atoms with E-state index in [-0.39, 0.29) is 0 Å². The molecular weight excluding hydrogens is 213 g/mol. The third-order valence-electron chi connectivity index (χ3n) is 1.24. The van der Waals surface area contributed by atoms with Crippen molar-refractivity contribution >= 4 is 27.5 Å². The maximum atomic E-state index is 5.59. The molecule has 3 heteroatoms. The summed E-state index contributed by atoms with van der Waals surface area (Å²) in [6.07, 6.45) is 1.78. The van der Waals surface area contributed by atoms with E-state index in [0.717, 1.165) is 15.7 Å². The lowest BCUT2D eigenvalue weighted by Gasteiger charge is -1.97. The van der Waals surface area contributed by atoms with Crippen LogP contribution in [-0.2, 0) is 5.88 Å². The first kappa shape index (κ1) is 8.02. The fourth-order valence-electron chi connectivity index (χ4n) is 0.619. The van der Waals surface area contributed by atoms with Crippen molar-refractivity contribution in [1.29, 1.82) is 0 Å². The van der Waals surface area contributed by atoms with Gasteiger partial charge >= 0.3 is 0 Å². The van der Waals surface area contributed by atoms with Gasteiger partial charge in [0, 0.05) is 16.5 Å². The highest BCUT2D eigenvalue weighted by molar-refractivity contribution is 9.10. The number of aryl methyl sites for hydroxylation is 1. The van der Waals surface area contributed by atoms with Gasteiger partial charge in [0.2, 0.25) is 0 Å². The third-order valence-corrected chi connectivity index (χ3v) is 2.35. The van der Waals surface area contributed by atoms with Gasteiger partial charge in [0.25, 0.3) is 0 Å². The molecule has 10 heavy (non-hydrogen) atoms. The number of rotatable bonds is 1. The molecule has 1 aromatic rings. The second-order valence-electron chi connectivity index (χ2n) is 2.04. The van der Waals surface area contributed by atoms with E-state index in [4.69, 9.17) is 11.6 Å². The van der Waals surface area contributed by atoms with E-state index in [9.17, 15) is 0 Å². The molecule has 1 heterocycles. The van der Waals surface area contributed by atoms with E-state index in [1.807, 2.05) is 13.0 Å². The normalized spacial score (nSPS) is 9.90. The summed E-state index contributed by atoms with van der Waals surface area (Å²) in [6.45, 7) is 1.95. The number of nitrogens with zero attached hydrogens (tertiary/aromatic N) is 1. The van der Waals surface area contributed by atoms with Gasteiger partial charge in [-0.3, -0.25) is 4.98 Å². The van der Waals surface area contributed by atoms with Crippen LogP contribution in [0.5, 0.6) is 0 Å². The molecule has 1 aromatic heterocycles. The van der Waals surface area contributed by atoms with Crippen molar-refractivity contribution in [2.75, 3.05) is 0 Å². The first-order valence-electron chi connectivity index (χ1n) is 2.91. The van der Waals surface area contributed by atoms with Crippen LogP contribution in [0.25, 0.3) is 0 Å². The summed E-state index contributed by atoms with van der Waals surface area (Å²) in [4.78, 5) is 4.12. The van der Waals surface area contributed by atoms with E-state index < -0.39 is 0 Å². The number of aromatic nitrogens is 1. The molecule has 0 saturated carbocycles. The molecule has 0 aromatic carbocycles. The van der Waals surface area contributed by atoms with Gasteiger partial charge < -0.3 is 0 Å². The van der Waals surface area contributed by atoms with E-state index in [1.54, 1.807) is 6.20 Å². The van der Waals surface area contributed by atoms with E-state index in [2.05, 4.69) is 20.9 Å². The number of hydrogen-bond donors (Lipinski definition) is 0. The Hall–Kier alpha value is -0.0800. The van der Waals surface area contributed by atoms with Crippen molar-refractivity contribution in [3.8, 4) is 0 Å². The molecule has 0 atom stereocenters. The summed E-state index contributed by atoms with van der Waals surface area (Å²) in [5.74, 6) is 0.520. The minimum atomic E-state index is 0.520. The summed E-state index contributed by atoms with van der Waals surface area (Å²) in [6, 6.07) is 1.98. The largest absolute Gasteiger partial charge is 0.260 e. The molecular formula is C7H7BrClN. The molecule has 54 valence electrons. The molecule has 1 nitrogen and oxygen atoms in total. The maximum Gasteiger partial charge on any atom is 0.0514 e. The monoisotopic (exact) mass is 219 g/mol. The average molecular weight is 220 g/mol.